The van der Waals surface area contributed by atoms with Crippen LogP contribution < -0.4 is 0 Å². The molecule has 0 bridgehead atoms. The van der Waals surface area contributed by atoms with E-state index >= 15 is 0 Å². The summed E-state index contributed by atoms with van der Waals surface area (Å²) < 4.78 is 18.7. The first-order chi connectivity index (χ1) is 10.1. The van der Waals surface area contributed by atoms with E-state index in [2.05, 4.69) is 0 Å². The fraction of sp³-hybridized carbons (Fsp3) is 0.125. The van der Waals surface area contributed by atoms with Crippen molar-refractivity contribution in [2.24, 2.45) is 0 Å². The summed E-state index contributed by atoms with van der Waals surface area (Å²) in [5.41, 5.74) is 0.573. The normalized spacial score (nSPS) is 12.7. The number of halogens is 2. The van der Waals surface area contributed by atoms with Crippen LogP contribution in [-0.2, 0) is 0 Å². The van der Waals surface area contributed by atoms with E-state index in [0.717, 1.165) is 10.3 Å². The van der Waals surface area contributed by atoms with E-state index in [4.69, 9.17) is 16.0 Å². The van der Waals surface area contributed by atoms with Crippen LogP contribution in [0.5, 0.6) is 0 Å². The smallest absolute Gasteiger partial charge is 0.152 e. The summed E-state index contributed by atoms with van der Waals surface area (Å²) in [6, 6.07) is 13.5. The van der Waals surface area contributed by atoms with Gasteiger partial charge >= 0.3 is 0 Å². The Morgan fingerprint density at radius 1 is 1.19 bits per heavy atom. The minimum atomic E-state index is -0.776. The van der Waals surface area contributed by atoms with Gasteiger partial charge in [-0.3, -0.25) is 0 Å². The maximum absolute atomic E-state index is 13.1. The van der Waals surface area contributed by atoms with Gasteiger partial charge in [0.15, 0.2) is 5.58 Å². The van der Waals surface area contributed by atoms with Crippen molar-refractivity contribution in [3.63, 3.8) is 0 Å². The number of furan rings is 1. The Morgan fingerprint density at radius 3 is 2.76 bits per heavy atom. The Labute approximate surface area is 130 Å². The summed E-state index contributed by atoms with van der Waals surface area (Å²) in [5, 5.41) is 11.6. The Bertz CT molecular complexity index is 772. The fourth-order valence-corrected chi connectivity index (χ4v) is 3.13. The predicted octanol–water partition coefficient (Wildman–Crippen LogP) is 5.05. The highest BCUT2D eigenvalue weighted by atomic mass is 35.5. The van der Waals surface area contributed by atoms with Crippen molar-refractivity contribution in [1.29, 1.82) is 0 Å². The van der Waals surface area contributed by atoms with E-state index in [1.54, 1.807) is 24.3 Å². The van der Waals surface area contributed by atoms with Gasteiger partial charge in [0, 0.05) is 16.0 Å². The molecule has 0 saturated heterocycles. The molecule has 1 unspecified atom stereocenters. The number of hydrogen-bond donors (Lipinski definition) is 1. The molecule has 0 aliphatic heterocycles. The van der Waals surface area contributed by atoms with Crippen LogP contribution in [0.25, 0.3) is 11.0 Å². The molecule has 0 aliphatic rings. The molecule has 3 rings (SSSR count). The third-order valence-electron chi connectivity index (χ3n) is 3.05. The molecule has 1 aromatic heterocycles. The number of aliphatic hydroxyl groups excluding tert-OH is 1. The molecule has 2 aromatic carbocycles. The van der Waals surface area contributed by atoms with Crippen molar-refractivity contribution < 1.29 is 13.9 Å². The topological polar surface area (TPSA) is 33.4 Å². The quantitative estimate of drug-likeness (QED) is 0.682. The van der Waals surface area contributed by atoms with Crippen LogP contribution in [0, 0.1) is 5.82 Å². The zero-order valence-electron chi connectivity index (χ0n) is 10.9. The van der Waals surface area contributed by atoms with Crippen molar-refractivity contribution in [2.75, 3.05) is 5.75 Å². The van der Waals surface area contributed by atoms with Gasteiger partial charge in [-0.15, -0.1) is 11.8 Å². The number of thioether (sulfide) groups is 1. The zero-order valence-corrected chi connectivity index (χ0v) is 12.5. The molecule has 0 spiro atoms. The van der Waals surface area contributed by atoms with Crippen LogP contribution in [0.1, 0.15) is 11.9 Å². The van der Waals surface area contributed by atoms with E-state index in [9.17, 15) is 9.50 Å². The number of aliphatic hydroxyl groups is 1. The van der Waals surface area contributed by atoms with Crippen molar-refractivity contribution in [3.05, 3.63) is 65.1 Å². The lowest BCUT2D eigenvalue weighted by Crippen LogP contribution is -1.98. The number of benzene rings is 2. The molecule has 0 radical (unpaired) electrons. The lowest BCUT2D eigenvalue weighted by molar-refractivity contribution is 0.177. The number of rotatable bonds is 4. The van der Waals surface area contributed by atoms with E-state index in [1.165, 1.54) is 23.9 Å². The minimum absolute atomic E-state index is 0.287. The van der Waals surface area contributed by atoms with Gasteiger partial charge in [-0.05, 0) is 30.3 Å². The zero-order chi connectivity index (χ0) is 14.8. The van der Waals surface area contributed by atoms with Gasteiger partial charge in [0.2, 0.25) is 0 Å². The predicted molar refractivity (Wildman–Crippen MR) is 83.3 cm³/mol. The standard InChI is InChI=1S/C16H12ClFO2S/c17-13-6-1-3-10-7-15(20-16(10)13)14(19)9-21-12-5-2-4-11(18)8-12/h1-8,14,19H,9H2. The van der Waals surface area contributed by atoms with Gasteiger partial charge in [-0.25, -0.2) is 4.39 Å². The van der Waals surface area contributed by atoms with E-state index in [0.29, 0.717) is 22.1 Å². The largest absolute Gasteiger partial charge is 0.457 e. The Balaban J connectivity index is 1.75. The molecule has 21 heavy (non-hydrogen) atoms. The van der Waals surface area contributed by atoms with Crippen LogP contribution >= 0.6 is 23.4 Å². The van der Waals surface area contributed by atoms with E-state index in [1.807, 2.05) is 12.1 Å². The molecule has 0 amide bonds. The average Bonchev–Trinajstić information content (AvgIpc) is 2.90. The summed E-state index contributed by atoms with van der Waals surface area (Å²) in [5.74, 6) is 0.549. The average molecular weight is 323 g/mol. The molecular weight excluding hydrogens is 311 g/mol. The Kier molecular flexibility index (Phi) is 4.19. The first-order valence-corrected chi connectivity index (χ1v) is 7.74. The highest BCUT2D eigenvalue weighted by Crippen LogP contribution is 2.31. The summed E-state index contributed by atoms with van der Waals surface area (Å²) in [4.78, 5) is 0.767. The number of hydrogen-bond acceptors (Lipinski definition) is 3. The molecule has 0 saturated carbocycles. The van der Waals surface area contributed by atoms with Gasteiger partial charge in [0.25, 0.3) is 0 Å². The highest BCUT2D eigenvalue weighted by molar-refractivity contribution is 7.99. The molecule has 1 heterocycles. The molecule has 2 nitrogen and oxygen atoms in total. The lowest BCUT2D eigenvalue weighted by Gasteiger charge is -2.07. The third-order valence-corrected chi connectivity index (χ3v) is 4.41. The Hall–Kier alpha value is -1.49. The van der Waals surface area contributed by atoms with Gasteiger partial charge in [0.1, 0.15) is 17.7 Å². The first kappa shape index (κ1) is 14.4. The SMILES string of the molecule is OC(CSc1cccc(F)c1)c1cc2cccc(Cl)c2o1. The minimum Gasteiger partial charge on any atom is -0.457 e. The van der Waals surface area contributed by atoms with Crippen LogP contribution in [0.4, 0.5) is 4.39 Å². The van der Waals surface area contributed by atoms with Gasteiger partial charge in [-0.1, -0.05) is 29.8 Å². The second-order valence-corrected chi connectivity index (χ2v) is 6.09. The van der Waals surface area contributed by atoms with Crippen molar-refractivity contribution >= 4 is 34.3 Å². The van der Waals surface area contributed by atoms with Crippen LogP contribution in [-0.4, -0.2) is 10.9 Å². The van der Waals surface area contributed by atoms with E-state index in [-0.39, 0.29) is 5.82 Å². The van der Waals surface area contributed by atoms with Crippen molar-refractivity contribution in [2.45, 2.75) is 11.0 Å². The maximum Gasteiger partial charge on any atom is 0.152 e. The van der Waals surface area contributed by atoms with E-state index < -0.39 is 6.10 Å². The summed E-state index contributed by atoms with van der Waals surface area (Å²) in [7, 11) is 0. The molecule has 3 aromatic rings. The second-order valence-electron chi connectivity index (χ2n) is 4.59. The van der Waals surface area contributed by atoms with Gasteiger partial charge < -0.3 is 9.52 Å². The molecule has 5 heteroatoms. The summed E-state index contributed by atoms with van der Waals surface area (Å²) in [6.07, 6.45) is -0.776. The third kappa shape index (κ3) is 3.23. The molecule has 0 fully saturated rings. The van der Waals surface area contributed by atoms with Crippen LogP contribution in [0.3, 0.4) is 0 Å². The fourth-order valence-electron chi connectivity index (χ4n) is 2.03. The molecule has 1 N–H and O–H groups in total. The van der Waals surface area contributed by atoms with Crippen LogP contribution in [0.15, 0.2) is 57.8 Å². The maximum atomic E-state index is 13.1. The summed E-state index contributed by atoms with van der Waals surface area (Å²) >= 11 is 7.41. The lowest BCUT2D eigenvalue weighted by atomic mass is 10.2. The van der Waals surface area contributed by atoms with Gasteiger partial charge in [-0.2, -0.15) is 0 Å². The Morgan fingerprint density at radius 2 is 2.00 bits per heavy atom. The molecule has 108 valence electrons. The summed E-state index contributed by atoms with van der Waals surface area (Å²) in [6.45, 7) is 0. The number of fused-ring (bicyclic) bond motifs is 1. The molecular formula is C16H12ClFO2S. The molecule has 0 aliphatic carbocycles. The van der Waals surface area contributed by atoms with Crippen molar-refractivity contribution in [1.82, 2.24) is 0 Å². The van der Waals surface area contributed by atoms with Gasteiger partial charge in [0.05, 0.1) is 5.02 Å². The highest BCUT2D eigenvalue weighted by Gasteiger charge is 2.15. The van der Waals surface area contributed by atoms with Crippen molar-refractivity contribution in [3.8, 4) is 0 Å². The number of para-hydroxylation sites is 1. The second kappa shape index (κ2) is 6.10. The van der Waals surface area contributed by atoms with Crippen LogP contribution in [0.2, 0.25) is 5.02 Å². The monoisotopic (exact) mass is 322 g/mol. The molecule has 1 atom stereocenters. The first-order valence-electron chi connectivity index (χ1n) is 6.38.